The fraction of sp³-hybridized carbons (Fsp3) is 0.706. The highest BCUT2D eigenvalue weighted by molar-refractivity contribution is 5.88. The second-order valence-corrected chi connectivity index (χ2v) is 5.95. The van der Waals surface area contributed by atoms with Crippen LogP contribution in [0.5, 0.6) is 0 Å². The Morgan fingerprint density at radius 3 is 1.41 bits per heavy atom. The molecule has 0 aromatic carbocycles. The van der Waals surface area contributed by atoms with Gasteiger partial charge in [0, 0.05) is 6.08 Å². The maximum Gasteiger partial charge on any atom is 0.327 e. The van der Waals surface area contributed by atoms with Gasteiger partial charge in [-0.1, -0.05) is 45.1 Å². The van der Waals surface area contributed by atoms with Gasteiger partial charge in [0.1, 0.15) is 0 Å². The van der Waals surface area contributed by atoms with Crippen molar-refractivity contribution in [3.63, 3.8) is 0 Å². The van der Waals surface area contributed by atoms with Crippen LogP contribution in [0.3, 0.4) is 0 Å². The summed E-state index contributed by atoms with van der Waals surface area (Å²) in [5.74, 6) is -1.54. The van der Waals surface area contributed by atoms with E-state index in [4.69, 9.17) is 9.84 Å². The van der Waals surface area contributed by atoms with Crippen LogP contribution in [-0.2, 0) is 19.1 Å². The van der Waals surface area contributed by atoms with Gasteiger partial charge in [-0.3, -0.25) is 9.59 Å². The van der Waals surface area contributed by atoms with Gasteiger partial charge in [-0.05, 0) is 25.7 Å². The maximum absolute atomic E-state index is 11.8. The molecule has 0 aromatic rings. The van der Waals surface area contributed by atoms with Crippen LogP contribution in [0, 0.1) is 11.8 Å². The third-order valence-electron chi connectivity index (χ3n) is 4.25. The van der Waals surface area contributed by atoms with Crippen LogP contribution in [0.2, 0.25) is 0 Å². The predicted octanol–water partition coefficient (Wildman–Crippen LogP) is 3.47. The van der Waals surface area contributed by atoms with Gasteiger partial charge in [0.15, 0.2) is 0 Å². The van der Waals surface area contributed by atoms with Gasteiger partial charge in [-0.2, -0.15) is 0 Å². The Labute approximate surface area is 131 Å². The lowest BCUT2D eigenvalue weighted by Crippen LogP contribution is -2.28. The number of hydrogen-bond acceptors (Lipinski definition) is 4. The molecule has 2 aliphatic carbocycles. The summed E-state index contributed by atoms with van der Waals surface area (Å²) in [4.78, 5) is 32.9. The first-order valence-electron chi connectivity index (χ1n) is 8.15. The Bertz CT molecular complexity index is 362. The average Bonchev–Trinajstić information content (AvgIpc) is 2.57. The molecule has 0 amide bonds. The van der Waals surface area contributed by atoms with E-state index in [9.17, 15) is 14.4 Å². The second-order valence-electron chi connectivity index (χ2n) is 5.95. The van der Waals surface area contributed by atoms with Crippen molar-refractivity contribution in [3.8, 4) is 0 Å². The lowest BCUT2D eigenvalue weighted by atomic mass is 9.88. The smallest absolute Gasteiger partial charge is 0.327 e. The van der Waals surface area contributed by atoms with Gasteiger partial charge in [0.25, 0.3) is 0 Å². The zero-order chi connectivity index (χ0) is 16.4. The minimum Gasteiger partial charge on any atom is -0.478 e. The number of rotatable bonds is 3. The first-order chi connectivity index (χ1) is 10.5. The topological polar surface area (TPSA) is 80.7 Å². The number of carboxylic acids is 1. The zero-order valence-electron chi connectivity index (χ0n) is 13.1. The molecule has 1 N–H and O–H groups in total. The van der Waals surface area contributed by atoms with Crippen molar-refractivity contribution in [2.75, 3.05) is 0 Å². The Hall–Kier alpha value is -1.65. The monoisotopic (exact) mass is 310 g/mol. The van der Waals surface area contributed by atoms with Gasteiger partial charge < -0.3 is 9.84 Å². The summed E-state index contributed by atoms with van der Waals surface area (Å²) in [7, 11) is 0. The molecule has 124 valence electrons. The van der Waals surface area contributed by atoms with Crippen molar-refractivity contribution in [1.82, 2.24) is 0 Å². The normalized spacial score (nSPS) is 19.5. The van der Waals surface area contributed by atoms with Crippen molar-refractivity contribution in [1.29, 1.82) is 0 Å². The molecular formula is C17H26O5. The quantitative estimate of drug-likeness (QED) is 0.490. The van der Waals surface area contributed by atoms with E-state index < -0.39 is 5.97 Å². The molecule has 0 atom stereocenters. The fourth-order valence-electron chi connectivity index (χ4n) is 2.94. The number of aliphatic carboxylic acids is 1. The lowest BCUT2D eigenvalue weighted by molar-refractivity contribution is -0.166. The molecule has 22 heavy (non-hydrogen) atoms. The van der Waals surface area contributed by atoms with Crippen molar-refractivity contribution >= 4 is 17.9 Å². The molecule has 0 radical (unpaired) electrons. The van der Waals surface area contributed by atoms with Crippen LogP contribution in [-0.4, -0.2) is 23.0 Å². The van der Waals surface area contributed by atoms with Crippen molar-refractivity contribution in [2.24, 2.45) is 11.8 Å². The van der Waals surface area contributed by atoms with E-state index in [0.717, 1.165) is 57.4 Å². The molecule has 0 aromatic heterocycles. The highest BCUT2D eigenvalue weighted by Gasteiger charge is 2.28. The first-order valence-corrected chi connectivity index (χ1v) is 8.15. The van der Waals surface area contributed by atoms with E-state index in [0.29, 0.717) is 0 Å². The number of hydrogen-bond donors (Lipinski definition) is 1. The minimum atomic E-state index is -0.981. The molecule has 5 heteroatoms. The van der Waals surface area contributed by atoms with Crippen LogP contribution in [0.15, 0.2) is 12.7 Å². The molecule has 0 saturated heterocycles. The Morgan fingerprint density at radius 1 is 0.818 bits per heavy atom. The van der Waals surface area contributed by atoms with E-state index in [1.165, 1.54) is 12.8 Å². The molecular weight excluding hydrogens is 284 g/mol. The Balaban J connectivity index is 0.000000422. The summed E-state index contributed by atoms with van der Waals surface area (Å²) in [6.07, 6.45) is 11.2. The molecule has 0 aliphatic heterocycles. The highest BCUT2D eigenvalue weighted by Crippen LogP contribution is 2.27. The minimum absolute atomic E-state index is 0.0173. The van der Waals surface area contributed by atoms with Gasteiger partial charge >= 0.3 is 17.9 Å². The van der Waals surface area contributed by atoms with E-state index >= 15 is 0 Å². The summed E-state index contributed by atoms with van der Waals surface area (Å²) < 4.78 is 5.05. The predicted molar refractivity (Wildman–Crippen MR) is 82.1 cm³/mol. The standard InChI is InChI=1S/C14H22O3.C3H4O2/c15-13(11-7-3-1-4-8-11)17-14(16)12-9-5-2-6-10-12;1-2-3(4)5/h11-12H,1-10H2;2H,1H2,(H,4,5). The Morgan fingerprint density at radius 2 is 1.14 bits per heavy atom. The molecule has 2 saturated carbocycles. The SMILES string of the molecule is C=CC(=O)O.O=C(OC(=O)C1CCCCC1)C1CCCCC1. The third-order valence-corrected chi connectivity index (χ3v) is 4.25. The number of carboxylic acid groups (broad SMARTS) is 1. The molecule has 0 heterocycles. The van der Waals surface area contributed by atoms with E-state index in [1.54, 1.807) is 0 Å². The summed E-state index contributed by atoms with van der Waals surface area (Å²) in [6.45, 7) is 2.96. The van der Waals surface area contributed by atoms with E-state index in [2.05, 4.69) is 6.58 Å². The second kappa shape index (κ2) is 10.1. The van der Waals surface area contributed by atoms with Gasteiger partial charge in [0.2, 0.25) is 0 Å². The van der Waals surface area contributed by atoms with Gasteiger partial charge in [-0.25, -0.2) is 4.79 Å². The molecule has 0 spiro atoms. The van der Waals surface area contributed by atoms with Gasteiger partial charge in [0.05, 0.1) is 11.8 Å². The van der Waals surface area contributed by atoms with E-state index in [1.807, 2.05) is 0 Å². The molecule has 2 fully saturated rings. The largest absolute Gasteiger partial charge is 0.478 e. The van der Waals surface area contributed by atoms with Crippen LogP contribution >= 0.6 is 0 Å². The van der Waals surface area contributed by atoms with Crippen molar-refractivity contribution in [3.05, 3.63) is 12.7 Å². The number of esters is 2. The molecule has 0 bridgehead atoms. The summed E-state index contributed by atoms with van der Waals surface area (Å²) in [5, 5.41) is 7.60. The van der Waals surface area contributed by atoms with Crippen molar-refractivity contribution < 1.29 is 24.2 Å². The number of carbonyl (C=O) groups is 3. The lowest BCUT2D eigenvalue weighted by Gasteiger charge is -2.22. The maximum atomic E-state index is 11.8. The van der Waals surface area contributed by atoms with Crippen LogP contribution in [0.25, 0.3) is 0 Å². The molecule has 2 rings (SSSR count). The fourth-order valence-corrected chi connectivity index (χ4v) is 2.94. The first kappa shape index (κ1) is 18.4. The highest BCUT2D eigenvalue weighted by atomic mass is 16.6. The van der Waals surface area contributed by atoms with Gasteiger partial charge in [-0.15, -0.1) is 0 Å². The van der Waals surface area contributed by atoms with E-state index in [-0.39, 0.29) is 23.8 Å². The van der Waals surface area contributed by atoms with Crippen LogP contribution in [0.4, 0.5) is 0 Å². The molecule has 2 aliphatic rings. The van der Waals surface area contributed by atoms with Crippen LogP contribution < -0.4 is 0 Å². The number of carbonyl (C=O) groups excluding carboxylic acids is 2. The third kappa shape index (κ3) is 6.87. The number of ether oxygens (including phenoxy) is 1. The van der Waals surface area contributed by atoms with Crippen LogP contribution in [0.1, 0.15) is 64.2 Å². The summed E-state index contributed by atoms with van der Waals surface area (Å²) in [6, 6.07) is 0. The van der Waals surface area contributed by atoms with Crippen molar-refractivity contribution in [2.45, 2.75) is 64.2 Å². The Kier molecular flexibility index (Phi) is 8.48. The molecule has 0 unspecified atom stereocenters. The molecule has 5 nitrogen and oxygen atoms in total. The average molecular weight is 310 g/mol. The summed E-state index contributed by atoms with van der Waals surface area (Å²) >= 11 is 0. The zero-order valence-corrected chi connectivity index (χ0v) is 13.1. The summed E-state index contributed by atoms with van der Waals surface area (Å²) in [5.41, 5.74) is 0.